The molecule has 0 unspecified atom stereocenters. The molecular weight excluding hydrogens is 270 g/mol. The van der Waals surface area contributed by atoms with Gasteiger partial charge in [-0.15, -0.1) is 0 Å². The zero-order valence-corrected chi connectivity index (χ0v) is 11.3. The van der Waals surface area contributed by atoms with Gasteiger partial charge in [0.1, 0.15) is 5.52 Å². The summed E-state index contributed by atoms with van der Waals surface area (Å²) in [4.78, 5) is 4.50. The number of benzene rings is 3. The number of rotatable bonds is 1. The van der Waals surface area contributed by atoms with Gasteiger partial charge in [0.05, 0.1) is 0 Å². The Morgan fingerprint density at radius 1 is 0.850 bits per heavy atom. The predicted molar refractivity (Wildman–Crippen MR) is 82.0 cm³/mol. The lowest BCUT2D eigenvalue weighted by atomic mass is 10.1. The lowest BCUT2D eigenvalue weighted by Crippen LogP contribution is -1.78. The van der Waals surface area contributed by atoms with Crippen LogP contribution in [0.2, 0.25) is 5.02 Å². The van der Waals surface area contributed by atoms with Crippen LogP contribution >= 0.6 is 11.6 Å². The van der Waals surface area contributed by atoms with E-state index in [2.05, 4.69) is 29.2 Å². The van der Waals surface area contributed by atoms with E-state index in [9.17, 15) is 0 Å². The van der Waals surface area contributed by atoms with Crippen LogP contribution in [0.4, 0.5) is 0 Å². The molecule has 4 aromatic rings. The summed E-state index contributed by atoms with van der Waals surface area (Å²) >= 11 is 5.97. The number of aromatic nitrogens is 1. The van der Waals surface area contributed by atoms with Gasteiger partial charge in [0.2, 0.25) is 5.89 Å². The number of nitrogens with zero attached hydrogens (tertiary/aromatic N) is 1. The summed E-state index contributed by atoms with van der Waals surface area (Å²) in [6, 6.07) is 19.9. The first kappa shape index (κ1) is 11.5. The van der Waals surface area contributed by atoms with E-state index in [1.807, 2.05) is 30.3 Å². The third-order valence-electron chi connectivity index (χ3n) is 3.35. The molecule has 0 amide bonds. The molecule has 0 saturated heterocycles. The van der Waals surface area contributed by atoms with Gasteiger partial charge in [-0.05, 0) is 41.1 Å². The summed E-state index contributed by atoms with van der Waals surface area (Å²) in [5.41, 5.74) is 2.49. The van der Waals surface area contributed by atoms with Gasteiger partial charge < -0.3 is 4.42 Å². The molecule has 96 valence electrons. The van der Waals surface area contributed by atoms with Crippen LogP contribution in [0.1, 0.15) is 0 Å². The van der Waals surface area contributed by atoms with Gasteiger partial charge in [0.25, 0.3) is 0 Å². The van der Waals surface area contributed by atoms with Gasteiger partial charge in [-0.1, -0.05) is 41.9 Å². The maximum atomic E-state index is 5.97. The van der Waals surface area contributed by atoms with Crippen LogP contribution in [0, 0.1) is 0 Å². The molecule has 0 aliphatic rings. The maximum absolute atomic E-state index is 5.97. The third-order valence-corrected chi connectivity index (χ3v) is 3.58. The first-order chi connectivity index (χ1) is 9.79. The molecule has 0 aliphatic heterocycles. The molecule has 3 aromatic carbocycles. The molecule has 1 aromatic heterocycles. The minimum Gasteiger partial charge on any atom is -0.436 e. The van der Waals surface area contributed by atoms with Crippen molar-refractivity contribution >= 4 is 33.5 Å². The number of fused-ring (bicyclic) bond motifs is 2. The topological polar surface area (TPSA) is 26.0 Å². The third kappa shape index (κ3) is 1.86. The number of oxazole rings is 1. The van der Waals surface area contributed by atoms with E-state index < -0.39 is 0 Å². The molecule has 3 heteroatoms. The zero-order valence-electron chi connectivity index (χ0n) is 10.5. The smallest absolute Gasteiger partial charge is 0.227 e. The average Bonchev–Trinajstić information content (AvgIpc) is 2.89. The van der Waals surface area contributed by atoms with Gasteiger partial charge in [0, 0.05) is 10.6 Å². The fraction of sp³-hybridized carbons (Fsp3) is 0. The van der Waals surface area contributed by atoms with Gasteiger partial charge in [-0.25, -0.2) is 4.98 Å². The van der Waals surface area contributed by atoms with Crippen molar-refractivity contribution in [3.05, 3.63) is 65.7 Å². The lowest BCUT2D eigenvalue weighted by molar-refractivity contribution is 0.620. The Labute approximate surface area is 120 Å². The first-order valence-corrected chi connectivity index (χ1v) is 6.73. The van der Waals surface area contributed by atoms with E-state index >= 15 is 0 Å². The van der Waals surface area contributed by atoms with Gasteiger partial charge in [-0.2, -0.15) is 0 Å². The molecule has 20 heavy (non-hydrogen) atoms. The molecule has 0 saturated carbocycles. The Balaban J connectivity index is 1.91. The highest BCUT2D eigenvalue weighted by Crippen LogP contribution is 2.28. The normalized spacial score (nSPS) is 11.2. The van der Waals surface area contributed by atoms with Crippen molar-refractivity contribution in [3.8, 4) is 11.5 Å². The summed E-state index contributed by atoms with van der Waals surface area (Å²) in [7, 11) is 0. The highest BCUT2D eigenvalue weighted by molar-refractivity contribution is 6.31. The van der Waals surface area contributed by atoms with Crippen LogP contribution < -0.4 is 0 Å². The van der Waals surface area contributed by atoms with Gasteiger partial charge in [-0.3, -0.25) is 0 Å². The summed E-state index contributed by atoms with van der Waals surface area (Å²) < 4.78 is 5.79. The monoisotopic (exact) mass is 279 g/mol. The zero-order chi connectivity index (χ0) is 13.5. The van der Waals surface area contributed by atoms with Crippen molar-refractivity contribution in [2.45, 2.75) is 0 Å². The minimum atomic E-state index is 0.619. The van der Waals surface area contributed by atoms with Gasteiger partial charge >= 0.3 is 0 Å². The Hall–Kier alpha value is -2.32. The fourth-order valence-corrected chi connectivity index (χ4v) is 2.51. The van der Waals surface area contributed by atoms with E-state index in [1.165, 1.54) is 10.8 Å². The second-order valence-corrected chi connectivity index (χ2v) is 5.13. The van der Waals surface area contributed by atoms with E-state index in [1.54, 1.807) is 6.07 Å². The van der Waals surface area contributed by atoms with E-state index in [-0.39, 0.29) is 0 Å². The maximum Gasteiger partial charge on any atom is 0.227 e. The fourth-order valence-electron chi connectivity index (χ4n) is 2.35. The van der Waals surface area contributed by atoms with Crippen LogP contribution in [0.25, 0.3) is 33.3 Å². The van der Waals surface area contributed by atoms with Crippen molar-refractivity contribution < 1.29 is 4.42 Å². The van der Waals surface area contributed by atoms with Crippen molar-refractivity contribution in [1.29, 1.82) is 0 Å². The second-order valence-electron chi connectivity index (χ2n) is 4.69. The lowest BCUT2D eigenvalue weighted by Gasteiger charge is -1.99. The predicted octanol–water partition coefficient (Wildman–Crippen LogP) is 5.30. The molecule has 4 rings (SSSR count). The molecule has 0 aliphatic carbocycles. The molecule has 0 fully saturated rings. The van der Waals surface area contributed by atoms with E-state index in [4.69, 9.17) is 16.0 Å². The van der Waals surface area contributed by atoms with Crippen LogP contribution in [0.3, 0.4) is 0 Å². The molecule has 0 bridgehead atoms. The number of hydrogen-bond donors (Lipinski definition) is 0. The van der Waals surface area contributed by atoms with Crippen LogP contribution in [-0.2, 0) is 0 Å². The minimum absolute atomic E-state index is 0.619. The molecule has 0 N–H and O–H groups in total. The van der Waals surface area contributed by atoms with Crippen LogP contribution in [0.15, 0.2) is 65.1 Å². The highest BCUT2D eigenvalue weighted by atomic mass is 35.5. The highest BCUT2D eigenvalue weighted by Gasteiger charge is 2.09. The summed E-state index contributed by atoms with van der Waals surface area (Å²) in [5.74, 6) is 0.619. The molecular formula is C17H10ClNO. The Kier molecular flexibility index (Phi) is 2.51. The van der Waals surface area contributed by atoms with Crippen LogP contribution in [0.5, 0.6) is 0 Å². The Bertz CT molecular complexity index is 926. The standard InChI is InChI=1S/C17H10ClNO/c18-14-7-8-16-15(10-14)19-17(20-16)13-6-5-11-3-1-2-4-12(11)9-13/h1-10H. The average molecular weight is 280 g/mol. The van der Waals surface area contributed by atoms with Crippen LogP contribution in [-0.4, -0.2) is 4.98 Å². The molecule has 0 spiro atoms. The summed E-state index contributed by atoms with van der Waals surface area (Å²) in [6.45, 7) is 0. The first-order valence-electron chi connectivity index (χ1n) is 6.35. The van der Waals surface area contributed by atoms with E-state index in [0.717, 1.165) is 16.7 Å². The number of hydrogen-bond acceptors (Lipinski definition) is 2. The van der Waals surface area contributed by atoms with Crippen molar-refractivity contribution in [2.75, 3.05) is 0 Å². The molecule has 1 heterocycles. The largest absolute Gasteiger partial charge is 0.436 e. The SMILES string of the molecule is Clc1ccc2oc(-c3ccc4ccccc4c3)nc2c1. The Morgan fingerprint density at radius 3 is 2.60 bits per heavy atom. The summed E-state index contributed by atoms with van der Waals surface area (Å²) in [5, 5.41) is 3.04. The molecule has 0 radical (unpaired) electrons. The quantitative estimate of drug-likeness (QED) is 0.472. The van der Waals surface area contributed by atoms with Crippen molar-refractivity contribution in [1.82, 2.24) is 4.98 Å². The second kappa shape index (κ2) is 4.36. The molecule has 2 nitrogen and oxygen atoms in total. The van der Waals surface area contributed by atoms with E-state index in [0.29, 0.717) is 10.9 Å². The Morgan fingerprint density at radius 2 is 1.70 bits per heavy atom. The molecule has 0 atom stereocenters. The van der Waals surface area contributed by atoms with Crippen molar-refractivity contribution in [2.24, 2.45) is 0 Å². The number of halogens is 1. The summed E-state index contributed by atoms with van der Waals surface area (Å²) in [6.07, 6.45) is 0. The van der Waals surface area contributed by atoms with Crippen molar-refractivity contribution in [3.63, 3.8) is 0 Å². The van der Waals surface area contributed by atoms with Gasteiger partial charge in [0.15, 0.2) is 5.58 Å².